The average Bonchev–Trinajstić information content (AvgIpc) is 2.96. The Hall–Kier alpha value is -2.55. The lowest BCUT2D eigenvalue weighted by Crippen LogP contribution is -2.18. The number of benzene rings is 2. The molecule has 0 aliphatic heterocycles. The van der Waals surface area contributed by atoms with Crippen molar-refractivity contribution < 1.29 is 26.8 Å². The average molecular weight is 370 g/mol. The summed E-state index contributed by atoms with van der Waals surface area (Å²) in [7, 11) is 0. The van der Waals surface area contributed by atoms with E-state index in [4.69, 9.17) is 4.42 Å². The van der Waals surface area contributed by atoms with Crippen LogP contribution in [0.3, 0.4) is 0 Å². The maximum atomic E-state index is 13.0. The van der Waals surface area contributed by atoms with Gasteiger partial charge in [-0.05, 0) is 30.3 Å². The summed E-state index contributed by atoms with van der Waals surface area (Å²) in [6.45, 7) is 0. The molecule has 4 nitrogen and oxygen atoms in total. The molecule has 9 heteroatoms. The van der Waals surface area contributed by atoms with Crippen molar-refractivity contribution in [3.8, 4) is 0 Å². The fourth-order valence-corrected chi connectivity index (χ4v) is 2.72. The number of hydrogen-bond acceptors (Lipinski definition) is 4. The second kappa shape index (κ2) is 6.75. The highest BCUT2D eigenvalue weighted by atomic mass is 32.2. The van der Waals surface area contributed by atoms with Gasteiger partial charge in [-0.25, -0.2) is 9.37 Å². The number of carbonyl (C=O) groups excluding carboxylic acids is 1. The van der Waals surface area contributed by atoms with Crippen LogP contribution in [0.1, 0.15) is 5.56 Å². The molecule has 3 aromatic rings. The molecular formula is C16H10F4N2O2S. The van der Waals surface area contributed by atoms with Crippen molar-refractivity contribution in [3.05, 3.63) is 53.8 Å². The number of para-hydroxylation sites is 2. The van der Waals surface area contributed by atoms with Crippen LogP contribution < -0.4 is 5.32 Å². The Kier molecular flexibility index (Phi) is 4.67. The van der Waals surface area contributed by atoms with Gasteiger partial charge < -0.3 is 9.73 Å². The standard InChI is InChI=1S/C16H10F4N2O2S/c17-9-5-6-11(10(7-9)16(18,19)20)21-14(23)8-25-15-22-12-3-1-2-4-13(12)24-15/h1-7H,8H2,(H,21,23). The maximum Gasteiger partial charge on any atom is 0.418 e. The zero-order chi connectivity index (χ0) is 18.0. The molecule has 25 heavy (non-hydrogen) atoms. The predicted octanol–water partition coefficient (Wildman–Crippen LogP) is 4.72. The quantitative estimate of drug-likeness (QED) is 0.534. The van der Waals surface area contributed by atoms with Crippen LogP contribution in [0.5, 0.6) is 0 Å². The lowest BCUT2D eigenvalue weighted by molar-refractivity contribution is -0.137. The Morgan fingerprint density at radius 3 is 2.68 bits per heavy atom. The first-order chi connectivity index (χ1) is 11.8. The van der Waals surface area contributed by atoms with E-state index < -0.39 is 29.2 Å². The molecule has 0 radical (unpaired) electrons. The number of oxazole rings is 1. The third-order valence-corrected chi connectivity index (χ3v) is 3.99. The smallest absolute Gasteiger partial charge is 0.418 e. The monoisotopic (exact) mass is 370 g/mol. The number of anilines is 1. The van der Waals surface area contributed by atoms with Gasteiger partial charge in [0.1, 0.15) is 11.3 Å². The van der Waals surface area contributed by atoms with Gasteiger partial charge >= 0.3 is 6.18 Å². The van der Waals surface area contributed by atoms with Crippen molar-refractivity contribution in [1.82, 2.24) is 4.98 Å². The lowest BCUT2D eigenvalue weighted by atomic mass is 10.1. The number of rotatable bonds is 4. The SMILES string of the molecule is O=C(CSc1nc2ccccc2o1)Nc1ccc(F)cc1C(F)(F)F. The van der Waals surface area contributed by atoms with E-state index >= 15 is 0 Å². The summed E-state index contributed by atoms with van der Waals surface area (Å²) < 4.78 is 57.2. The van der Waals surface area contributed by atoms with Gasteiger partial charge in [-0.15, -0.1) is 0 Å². The van der Waals surface area contributed by atoms with E-state index in [-0.39, 0.29) is 11.0 Å². The third-order valence-electron chi connectivity index (χ3n) is 3.16. The van der Waals surface area contributed by atoms with Crippen LogP contribution >= 0.6 is 11.8 Å². The van der Waals surface area contributed by atoms with Crippen LogP contribution in [-0.2, 0) is 11.0 Å². The van der Waals surface area contributed by atoms with Gasteiger partial charge in [0.25, 0.3) is 5.22 Å². The van der Waals surface area contributed by atoms with Crippen LogP contribution in [0.15, 0.2) is 52.1 Å². The normalized spacial score (nSPS) is 11.7. The summed E-state index contributed by atoms with van der Waals surface area (Å²) in [4.78, 5) is 16.0. The molecule has 1 heterocycles. The second-order valence-corrected chi connectivity index (χ2v) is 5.90. The van der Waals surface area contributed by atoms with Crippen molar-refractivity contribution in [1.29, 1.82) is 0 Å². The van der Waals surface area contributed by atoms with Gasteiger partial charge in [0.05, 0.1) is 17.0 Å². The number of halogens is 4. The molecular weight excluding hydrogens is 360 g/mol. The van der Waals surface area contributed by atoms with E-state index in [0.717, 1.165) is 23.9 Å². The molecule has 1 N–H and O–H groups in total. The number of hydrogen-bond donors (Lipinski definition) is 1. The fourth-order valence-electron chi connectivity index (χ4n) is 2.09. The molecule has 0 aliphatic rings. The van der Waals surface area contributed by atoms with Crippen molar-refractivity contribution >= 4 is 34.5 Å². The van der Waals surface area contributed by atoms with Crippen LogP contribution in [0.4, 0.5) is 23.2 Å². The minimum absolute atomic E-state index is 0.207. The van der Waals surface area contributed by atoms with Crippen LogP contribution in [0.2, 0.25) is 0 Å². The number of fused-ring (bicyclic) bond motifs is 1. The van der Waals surface area contributed by atoms with E-state index in [1.54, 1.807) is 24.3 Å². The summed E-state index contributed by atoms with van der Waals surface area (Å²) in [5.74, 6) is -1.93. The van der Waals surface area contributed by atoms with E-state index in [2.05, 4.69) is 10.3 Å². The number of alkyl halides is 3. The molecule has 2 aromatic carbocycles. The summed E-state index contributed by atoms with van der Waals surface area (Å²) in [6.07, 6.45) is -4.78. The first-order valence-corrected chi connectivity index (χ1v) is 7.96. The number of thioether (sulfide) groups is 1. The number of amides is 1. The van der Waals surface area contributed by atoms with Crippen molar-refractivity contribution in [2.75, 3.05) is 11.1 Å². The Morgan fingerprint density at radius 1 is 1.20 bits per heavy atom. The predicted molar refractivity (Wildman–Crippen MR) is 84.8 cm³/mol. The molecule has 130 valence electrons. The first kappa shape index (κ1) is 17.3. The fraction of sp³-hybridized carbons (Fsp3) is 0.125. The Balaban J connectivity index is 1.68. The zero-order valence-electron chi connectivity index (χ0n) is 12.4. The highest BCUT2D eigenvalue weighted by Gasteiger charge is 2.34. The minimum atomic E-state index is -4.78. The number of nitrogens with zero attached hydrogens (tertiary/aromatic N) is 1. The topological polar surface area (TPSA) is 55.1 Å². The molecule has 1 aromatic heterocycles. The molecule has 0 fully saturated rings. The Morgan fingerprint density at radius 2 is 1.96 bits per heavy atom. The van der Waals surface area contributed by atoms with Crippen LogP contribution in [-0.4, -0.2) is 16.6 Å². The second-order valence-electron chi connectivity index (χ2n) is 4.97. The van der Waals surface area contributed by atoms with Crippen LogP contribution in [0, 0.1) is 5.82 Å². The van der Waals surface area contributed by atoms with E-state index in [9.17, 15) is 22.4 Å². The van der Waals surface area contributed by atoms with E-state index in [1.165, 1.54) is 0 Å². The van der Waals surface area contributed by atoms with Crippen molar-refractivity contribution in [2.45, 2.75) is 11.4 Å². The largest absolute Gasteiger partial charge is 0.431 e. The molecule has 0 unspecified atom stereocenters. The molecule has 0 bridgehead atoms. The van der Waals surface area contributed by atoms with Gasteiger partial charge in [-0.2, -0.15) is 13.2 Å². The van der Waals surface area contributed by atoms with Gasteiger partial charge in [0, 0.05) is 0 Å². The van der Waals surface area contributed by atoms with Gasteiger partial charge in [0.2, 0.25) is 5.91 Å². The van der Waals surface area contributed by atoms with E-state index in [1.807, 2.05) is 0 Å². The van der Waals surface area contributed by atoms with E-state index in [0.29, 0.717) is 17.2 Å². The highest BCUT2D eigenvalue weighted by Crippen LogP contribution is 2.35. The Labute approximate surface area is 143 Å². The van der Waals surface area contributed by atoms with Crippen molar-refractivity contribution in [3.63, 3.8) is 0 Å². The summed E-state index contributed by atoms with van der Waals surface area (Å²) >= 11 is 0.945. The molecule has 0 aliphatic carbocycles. The molecule has 0 saturated carbocycles. The molecule has 1 amide bonds. The molecule has 0 saturated heterocycles. The number of nitrogens with one attached hydrogen (secondary N) is 1. The van der Waals surface area contributed by atoms with Crippen LogP contribution in [0.25, 0.3) is 11.1 Å². The number of carbonyl (C=O) groups is 1. The molecule has 0 atom stereocenters. The number of aromatic nitrogens is 1. The van der Waals surface area contributed by atoms with Gasteiger partial charge in [0.15, 0.2) is 5.58 Å². The van der Waals surface area contributed by atoms with Crippen molar-refractivity contribution in [2.24, 2.45) is 0 Å². The lowest BCUT2D eigenvalue weighted by Gasteiger charge is -2.13. The van der Waals surface area contributed by atoms with Gasteiger partial charge in [-0.1, -0.05) is 23.9 Å². The summed E-state index contributed by atoms with van der Waals surface area (Å²) in [6, 6.07) is 9.04. The van der Waals surface area contributed by atoms with Gasteiger partial charge in [-0.3, -0.25) is 4.79 Å². The zero-order valence-corrected chi connectivity index (χ0v) is 13.2. The minimum Gasteiger partial charge on any atom is -0.431 e. The Bertz CT molecular complexity index is 891. The molecule has 3 rings (SSSR count). The third kappa shape index (κ3) is 4.11. The summed E-state index contributed by atoms with van der Waals surface area (Å²) in [5, 5.41) is 2.36. The highest BCUT2D eigenvalue weighted by molar-refractivity contribution is 7.99. The summed E-state index contributed by atoms with van der Waals surface area (Å²) in [5.41, 5.74) is -0.587. The first-order valence-electron chi connectivity index (χ1n) is 6.98. The molecule has 0 spiro atoms. The maximum absolute atomic E-state index is 13.0.